The number of aromatic nitrogens is 2. The van der Waals surface area contributed by atoms with Crippen LogP contribution in [0, 0.1) is 0 Å². The van der Waals surface area contributed by atoms with E-state index in [0.29, 0.717) is 6.04 Å². The molecule has 1 heterocycles. The molecule has 1 N–H and O–H groups in total. The molecule has 18 heavy (non-hydrogen) atoms. The largest absolute Gasteiger partial charge is 0.337 e. The predicted octanol–water partition coefficient (Wildman–Crippen LogP) is 1.77. The van der Waals surface area contributed by atoms with Crippen molar-refractivity contribution >= 4 is 0 Å². The summed E-state index contributed by atoms with van der Waals surface area (Å²) in [5, 5.41) is 3.64. The number of imidazole rings is 1. The van der Waals surface area contributed by atoms with E-state index in [4.69, 9.17) is 0 Å². The fourth-order valence-corrected chi connectivity index (χ4v) is 2.79. The summed E-state index contributed by atoms with van der Waals surface area (Å²) < 4.78 is 2.11. The fraction of sp³-hybridized carbons (Fsp3) is 0.786. The van der Waals surface area contributed by atoms with Gasteiger partial charge in [0.15, 0.2) is 0 Å². The summed E-state index contributed by atoms with van der Waals surface area (Å²) in [6, 6.07) is 1.43. The third-order valence-electron chi connectivity index (χ3n) is 4.02. The van der Waals surface area contributed by atoms with Crippen LogP contribution < -0.4 is 5.32 Å². The minimum Gasteiger partial charge on any atom is -0.337 e. The zero-order valence-electron chi connectivity index (χ0n) is 11.9. The molecular formula is C14H26N4. The molecule has 4 heteroatoms. The summed E-state index contributed by atoms with van der Waals surface area (Å²) >= 11 is 0. The van der Waals surface area contributed by atoms with Gasteiger partial charge in [0.2, 0.25) is 0 Å². The molecule has 1 aromatic rings. The number of nitrogens with zero attached hydrogens (tertiary/aromatic N) is 3. The molecule has 2 unspecified atom stereocenters. The third kappa shape index (κ3) is 3.33. The van der Waals surface area contributed by atoms with Crippen LogP contribution in [0.2, 0.25) is 0 Å². The van der Waals surface area contributed by atoms with E-state index in [0.717, 1.165) is 25.0 Å². The van der Waals surface area contributed by atoms with Crippen molar-refractivity contribution in [3.05, 3.63) is 18.2 Å². The van der Waals surface area contributed by atoms with E-state index in [1.165, 1.54) is 25.7 Å². The third-order valence-corrected chi connectivity index (χ3v) is 4.02. The number of hydrogen-bond acceptors (Lipinski definition) is 3. The Bertz CT molecular complexity index is 360. The monoisotopic (exact) mass is 250 g/mol. The van der Waals surface area contributed by atoms with E-state index < -0.39 is 0 Å². The second-order valence-corrected chi connectivity index (χ2v) is 5.49. The Morgan fingerprint density at radius 1 is 1.50 bits per heavy atom. The molecule has 0 aliphatic heterocycles. The minimum absolute atomic E-state index is 0.705. The first-order valence-corrected chi connectivity index (χ1v) is 7.10. The highest BCUT2D eigenvalue weighted by atomic mass is 15.2. The SMILES string of the molecule is CCCNC1CCC(N(C)Cc2nccn2C)C1. The quantitative estimate of drug-likeness (QED) is 0.835. The van der Waals surface area contributed by atoms with Gasteiger partial charge in [0.1, 0.15) is 5.82 Å². The van der Waals surface area contributed by atoms with Crippen LogP contribution in [0.15, 0.2) is 12.4 Å². The molecule has 1 aliphatic rings. The molecular weight excluding hydrogens is 224 g/mol. The van der Waals surface area contributed by atoms with Crippen molar-refractivity contribution < 1.29 is 0 Å². The van der Waals surface area contributed by atoms with Gasteiger partial charge < -0.3 is 9.88 Å². The van der Waals surface area contributed by atoms with Crippen molar-refractivity contribution in [2.45, 2.75) is 51.2 Å². The molecule has 1 aromatic heterocycles. The molecule has 1 aliphatic carbocycles. The van der Waals surface area contributed by atoms with Crippen molar-refractivity contribution in [3.8, 4) is 0 Å². The first-order chi connectivity index (χ1) is 8.70. The summed E-state index contributed by atoms with van der Waals surface area (Å²) in [5.74, 6) is 1.16. The zero-order valence-corrected chi connectivity index (χ0v) is 11.9. The molecule has 0 saturated heterocycles. The van der Waals surface area contributed by atoms with E-state index in [1.807, 2.05) is 12.4 Å². The van der Waals surface area contributed by atoms with Crippen LogP contribution >= 0.6 is 0 Å². The van der Waals surface area contributed by atoms with Crippen molar-refractivity contribution in [3.63, 3.8) is 0 Å². The van der Waals surface area contributed by atoms with Crippen LogP contribution in [0.5, 0.6) is 0 Å². The van der Waals surface area contributed by atoms with E-state index >= 15 is 0 Å². The smallest absolute Gasteiger partial charge is 0.122 e. The summed E-state index contributed by atoms with van der Waals surface area (Å²) in [5.41, 5.74) is 0. The van der Waals surface area contributed by atoms with E-state index in [2.05, 4.69) is 40.8 Å². The maximum atomic E-state index is 4.40. The standard InChI is InChI=1S/C14H26N4/c1-4-7-15-12-5-6-13(10-12)18(3)11-14-16-8-9-17(14)2/h8-9,12-13,15H,4-7,10-11H2,1-3H3. The number of aryl methyl sites for hydroxylation is 1. The second kappa shape index (κ2) is 6.34. The Labute approximate surface area is 110 Å². The lowest BCUT2D eigenvalue weighted by atomic mass is 10.2. The summed E-state index contributed by atoms with van der Waals surface area (Å²) in [4.78, 5) is 6.86. The van der Waals surface area contributed by atoms with Crippen molar-refractivity contribution in [2.75, 3.05) is 13.6 Å². The van der Waals surface area contributed by atoms with Gasteiger partial charge in [0.05, 0.1) is 6.54 Å². The van der Waals surface area contributed by atoms with Gasteiger partial charge in [-0.2, -0.15) is 0 Å². The zero-order chi connectivity index (χ0) is 13.0. The lowest BCUT2D eigenvalue weighted by Crippen LogP contribution is -2.33. The highest BCUT2D eigenvalue weighted by molar-refractivity contribution is 4.93. The van der Waals surface area contributed by atoms with Gasteiger partial charge in [-0.05, 0) is 39.3 Å². The predicted molar refractivity (Wildman–Crippen MR) is 74.4 cm³/mol. The van der Waals surface area contributed by atoms with Gasteiger partial charge in [-0.25, -0.2) is 4.98 Å². The average Bonchev–Trinajstić information content (AvgIpc) is 2.97. The number of rotatable bonds is 6. The first kappa shape index (κ1) is 13.6. The second-order valence-electron chi connectivity index (χ2n) is 5.49. The fourth-order valence-electron chi connectivity index (χ4n) is 2.79. The van der Waals surface area contributed by atoms with Gasteiger partial charge in [-0.3, -0.25) is 4.90 Å². The van der Waals surface area contributed by atoms with Crippen molar-refractivity contribution in [1.29, 1.82) is 0 Å². The molecule has 0 amide bonds. The minimum atomic E-state index is 0.705. The molecule has 2 rings (SSSR count). The van der Waals surface area contributed by atoms with E-state index in [-0.39, 0.29) is 0 Å². The Balaban J connectivity index is 1.80. The van der Waals surface area contributed by atoms with Gasteiger partial charge in [-0.15, -0.1) is 0 Å². The maximum Gasteiger partial charge on any atom is 0.122 e. The van der Waals surface area contributed by atoms with Crippen molar-refractivity contribution in [2.24, 2.45) is 7.05 Å². The number of nitrogens with one attached hydrogen (secondary N) is 1. The molecule has 0 radical (unpaired) electrons. The molecule has 102 valence electrons. The van der Waals surface area contributed by atoms with Crippen LogP contribution in [-0.4, -0.2) is 40.1 Å². The lowest BCUT2D eigenvalue weighted by Gasteiger charge is -2.24. The van der Waals surface area contributed by atoms with Crippen LogP contribution in [0.4, 0.5) is 0 Å². The molecule has 0 bridgehead atoms. The van der Waals surface area contributed by atoms with Crippen LogP contribution in [0.3, 0.4) is 0 Å². The summed E-state index contributed by atoms with van der Waals surface area (Å²) in [7, 11) is 4.29. The summed E-state index contributed by atoms with van der Waals surface area (Å²) in [6.45, 7) is 4.34. The lowest BCUT2D eigenvalue weighted by molar-refractivity contribution is 0.226. The Hall–Kier alpha value is -0.870. The van der Waals surface area contributed by atoms with Crippen molar-refractivity contribution in [1.82, 2.24) is 19.8 Å². The maximum absolute atomic E-state index is 4.40. The van der Waals surface area contributed by atoms with Gasteiger partial charge in [-0.1, -0.05) is 6.92 Å². The average molecular weight is 250 g/mol. The van der Waals surface area contributed by atoms with E-state index in [9.17, 15) is 0 Å². The Morgan fingerprint density at radius 2 is 2.33 bits per heavy atom. The van der Waals surface area contributed by atoms with Crippen LogP contribution in [0.1, 0.15) is 38.4 Å². The molecule has 1 fully saturated rings. The summed E-state index contributed by atoms with van der Waals surface area (Å²) in [6.07, 6.45) is 9.02. The highest BCUT2D eigenvalue weighted by Gasteiger charge is 2.27. The molecule has 4 nitrogen and oxygen atoms in total. The first-order valence-electron chi connectivity index (χ1n) is 7.10. The Kier molecular flexibility index (Phi) is 4.78. The van der Waals surface area contributed by atoms with Gasteiger partial charge >= 0.3 is 0 Å². The van der Waals surface area contributed by atoms with Gasteiger partial charge in [0.25, 0.3) is 0 Å². The molecule has 0 spiro atoms. The van der Waals surface area contributed by atoms with Crippen LogP contribution in [-0.2, 0) is 13.6 Å². The van der Waals surface area contributed by atoms with Crippen LogP contribution in [0.25, 0.3) is 0 Å². The molecule has 0 aromatic carbocycles. The number of hydrogen-bond donors (Lipinski definition) is 1. The normalized spacial score (nSPS) is 24.0. The molecule has 2 atom stereocenters. The highest BCUT2D eigenvalue weighted by Crippen LogP contribution is 2.24. The molecule has 1 saturated carbocycles. The van der Waals surface area contributed by atoms with E-state index in [1.54, 1.807) is 0 Å². The van der Waals surface area contributed by atoms with Gasteiger partial charge in [0, 0.05) is 31.5 Å². The Morgan fingerprint density at radius 3 is 3.00 bits per heavy atom. The topological polar surface area (TPSA) is 33.1 Å².